The Labute approximate surface area is 172 Å². The van der Waals surface area contributed by atoms with Crippen LogP contribution >= 0.6 is 27.5 Å². The van der Waals surface area contributed by atoms with E-state index < -0.39 is 23.9 Å². The summed E-state index contributed by atoms with van der Waals surface area (Å²) >= 11 is 9.75. The summed E-state index contributed by atoms with van der Waals surface area (Å²) in [5, 5.41) is 3.67. The van der Waals surface area contributed by atoms with Gasteiger partial charge >= 0.3 is 11.9 Å². The van der Waals surface area contributed by atoms with E-state index in [0.717, 1.165) is 10.2 Å². The highest BCUT2D eigenvalue weighted by molar-refractivity contribution is 9.10. The van der Waals surface area contributed by atoms with Gasteiger partial charge in [-0.05, 0) is 49.7 Å². The van der Waals surface area contributed by atoms with Crippen LogP contribution in [-0.4, -0.2) is 25.2 Å². The maximum absolute atomic E-state index is 12.6. The summed E-state index contributed by atoms with van der Waals surface area (Å²) in [6, 6.07) is 13.7. The molecule has 1 atom stereocenters. The molecule has 0 aliphatic rings. The first-order chi connectivity index (χ1) is 13.0. The number of carbonyl (C=O) groups excluding carboxylic acids is 2. The molecule has 0 saturated carbocycles. The minimum absolute atomic E-state index is 0.155. The second-order valence-electron chi connectivity index (χ2n) is 5.63. The zero-order valence-corrected chi connectivity index (χ0v) is 17.4. The first-order valence-corrected chi connectivity index (χ1v) is 9.74. The fourth-order valence-electron chi connectivity index (χ4n) is 2.63. The third kappa shape index (κ3) is 5.71. The molecule has 1 N–H and O–H groups in total. The zero-order chi connectivity index (χ0) is 19.8. The molecule has 27 heavy (non-hydrogen) atoms. The van der Waals surface area contributed by atoms with Crippen molar-refractivity contribution in [1.29, 1.82) is 0 Å². The monoisotopic (exact) mass is 453 g/mol. The predicted molar refractivity (Wildman–Crippen MR) is 109 cm³/mol. The fourth-order valence-corrected chi connectivity index (χ4v) is 3.14. The van der Waals surface area contributed by atoms with E-state index >= 15 is 0 Å². The molecule has 0 aliphatic carbocycles. The molecule has 7 heteroatoms. The summed E-state index contributed by atoms with van der Waals surface area (Å²) in [5.41, 5.74) is 1.33. The number of hydrogen-bond donors (Lipinski definition) is 1. The predicted octanol–water partition coefficient (Wildman–Crippen LogP) is 5.00. The van der Waals surface area contributed by atoms with Crippen LogP contribution in [0.5, 0.6) is 0 Å². The van der Waals surface area contributed by atoms with E-state index in [1.807, 2.05) is 24.3 Å². The Morgan fingerprint density at radius 2 is 1.56 bits per heavy atom. The standard InChI is InChI=1S/C20H21BrClNO4/c1-3-26-19(24)17(20(25)27-4-2)18(15-7-5-6-8-16(15)22)23-14-11-9-13(21)10-12-14/h5-12,17-18,23H,3-4H2,1-2H3. The molecule has 0 spiro atoms. The van der Waals surface area contributed by atoms with Gasteiger partial charge in [-0.15, -0.1) is 0 Å². The van der Waals surface area contributed by atoms with E-state index in [0.29, 0.717) is 10.6 Å². The lowest BCUT2D eigenvalue weighted by Crippen LogP contribution is -2.37. The van der Waals surface area contributed by atoms with Gasteiger partial charge in [0, 0.05) is 15.2 Å². The summed E-state index contributed by atoms with van der Waals surface area (Å²) in [5.74, 6) is -2.52. The van der Waals surface area contributed by atoms with Gasteiger partial charge in [0.05, 0.1) is 19.3 Å². The third-order valence-electron chi connectivity index (χ3n) is 3.82. The molecule has 0 fully saturated rings. The first kappa shape index (κ1) is 21.3. The topological polar surface area (TPSA) is 64.6 Å². The molecule has 0 radical (unpaired) electrons. The minimum Gasteiger partial charge on any atom is -0.465 e. The zero-order valence-electron chi connectivity index (χ0n) is 15.1. The Kier molecular flexibility index (Phi) is 8.13. The van der Waals surface area contributed by atoms with Gasteiger partial charge in [-0.2, -0.15) is 0 Å². The molecule has 1 unspecified atom stereocenters. The van der Waals surface area contributed by atoms with Gasteiger partial charge in [0.1, 0.15) is 0 Å². The van der Waals surface area contributed by atoms with Crippen molar-refractivity contribution in [3.05, 3.63) is 63.6 Å². The van der Waals surface area contributed by atoms with Crippen molar-refractivity contribution < 1.29 is 19.1 Å². The largest absolute Gasteiger partial charge is 0.465 e. The number of rotatable bonds is 8. The Hall–Kier alpha value is -2.05. The Bertz CT molecular complexity index is 764. The summed E-state index contributed by atoms with van der Waals surface area (Å²) in [4.78, 5) is 25.2. The molecule has 0 bridgehead atoms. The van der Waals surface area contributed by atoms with E-state index in [2.05, 4.69) is 21.2 Å². The first-order valence-electron chi connectivity index (χ1n) is 8.57. The van der Waals surface area contributed by atoms with Crippen molar-refractivity contribution >= 4 is 45.2 Å². The van der Waals surface area contributed by atoms with E-state index in [-0.39, 0.29) is 13.2 Å². The lowest BCUT2D eigenvalue weighted by Gasteiger charge is -2.27. The fraction of sp³-hybridized carbons (Fsp3) is 0.300. The number of benzene rings is 2. The summed E-state index contributed by atoms with van der Waals surface area (Å²) in [6.07, 6.45) is 0. The Balaban J connectivity index is 2.49. The SMILES string of the molecule is CCOC(=O)C(C(=O)OCC)C(Nc1ccc(Br)cc1)c1ccccc1Cl. The molecule has 5 nitrogen and oxygen atoms in total. The molecule has 0 aliphatic heterocycles. The van der Waals surface area contributed by atoms with Crippen molar-refractivity contribution in [1.82, 2.24) is 0 Å². The summed E-state index contributed by atoms with van der Waals surface area (Å²) in [6.45, 7) is 3.68. The Morgan fingerprint density at radius 1 is 1.00 bits per heavy atom. The number of ether oxygens (including phenoxy) is 2. The van der Waals surface area contributed by atoms with E-state index in [1.165, 1.54) is 0 Å². The number of nitrogens with one attached hydrogen (secondary N) is 1. The molecule has 2 aromatic carbocycles. The number of halogens is 2. The molecule has 0 saturated heterocycles. The number of hydrogen-bond acceptors (Lipinski definition) is 5. The molecule has 0 aromatic heterocycles. The normalized spacial score (nSPS) is 11.7. The van der Waals surface area contributed by atoms with Crippen molar-refractivity contribution in [3.8, 4) is 0 Å². The van der Waals surface area contributed by atoms with Crippen LogP contribution in [0.15, 0.2) is 53.0 Å². The van der Waals surface area contributed by atoms with Crippen LogP contribution in [-0.2, 0) is 19.1 Å². The maximum atomic E-state index is 12.6. The Morgan fingerprint density at radius 3 is 2.07 bits per heavy atom. The number of anilines is 1. The molecule has 2 rings (SSSR count). The second kappa shape index (κ2) is 10.3. The minimum atomic E-state index is -1.20. The van der Waals surface area contributed by atoms with Crippen LogP contribution in [0.4, 0.5) is 5.69 Å². The lowest BCUT2D eigenvalue weighted by molar-refractivity contribution is -0.162. The van der Waals surface area contributed by atoms with Crippen LogP contribution in [0.25, 0.3) is 0 Å². The van der Waals surface area contributed by atoms with Crippen molar-refractivity contribution in [2.24, 2.45) is 5.92 Å². The van der Waals surface area contributed by atoms with Gasteiger partial charge < -0.3 is 14.8 Å². The second-order valence-corrected chi connectivity index (χ2v) is 6.96. The maximum Gasteiger partial charge on any atom is 0.322 e. The lowest BCUT2D eigenvalue weighted by atomic mass is 9.92. The third-order valence-corrected chi connectivity index (χ3v) is 4.69. The molecule has 2 aromatic rings. The number of esters is 2. The van der Waals surface area contributed by atoms with Crippen molar-refractivity contribution in [3.63, 3.8) is 0 Å². The van der Waals surface area contributed by atoms with Gasteiger partial charge in [0.25, 0.3) is 0 Å². The smallest absolute Gasteiger partial charge is 0.322 e. The van der Waals surface area contributed by atoms with Crippen molar-refractivity contribution in [2.75, 3.05) is 18.5 Å². The average molecular weight is 455 g/mol. The van der Waals surface area contributed by atoms with Gasteiger partial charge in [0.15, 0.2) is 5.92 Å². The molecular formula is C20H21BrClNO4. The highest BCUT2D eigenvalue weighted by Crippen LogP contribution is 2.33. The van der Waals surface area contributed by atoms with Crippen molar-refractivity contribution in [2.45, 2.75) is 19.9 Å². The quantitative estimate of drug-likeness (QED) is 0.449. The van der Waals surface area contributed by atoms with Gasteiger partial charge in [-0.25, -0.2) is 0 Å². The highest BCUT2D eigenvalue weighted by Gasteiger charge is 2.39. The van der Waals surface area contributed by atoms with Crippen LogP contribution in [0, 0.1) is 5.92 Å². The van der Waals surface area contributed by atoms with Crippen LogP contribution < -0.4 is 5.32 Å². The average Bonchev–Trinajstić information content (AvgIpc) is 2.64. The van der Waals surface area contributed by atoms with E-state index in [9.17, 15) is 9.59 Å². The molecular weight excluding hydrogens is 434 g/mol. The molecule has 0 amide bonds. The van der Waals surface area contributed by atoms with Crippen LogP contribution in [0.1, 0.15) is 25.5 Å². The van der Waals surface area contributed by atoms with Gasteiger partial charge in [0.2, 0.25) is 0 Å². The molecule has 144 valence electrons. The van der Waals surface area contributed by atoms with Gasteiger partial charge in [-0.3, -0.25) is 9.59 Å². The summed E-state index contributed by atoms with van der Waals surface area (Å²) < 4.78 is 11.2. The summed E-state index contributed by atoms with van der Waals surface area (Å²) in [7, 11) is 0. The number of carbonyl (C=O) groups is 2. The van der Waals surface area contributed by atoms with Gasteiger partial charge in [-0.1, -0.05) is 45.7 Å². The van der Waals surface area contributed by atoms with Crippen LogP contribution in [0.3, 0.4) is 0 Å². The van der Waals surface area contributed by atoms with E-state index in [4.69, 9.17) is 21.1 Å². The molecule has 0 heterocycles. The highest BCUT2D eigenvalue weighted by atomic mass is 79.9. The van der Waals surface area contributed by atoms with Crippen LogP contribution in [0.2, 0.25) is 5.02 Å². The van der Waals surface area contributed by atoms with E-state index in [1.54, 1.807) is 38.1 Å².